The van der Waals surface area contributed by atoms with Gasteiger partial charge in [0.25, 0.3) is 0 Å². The zero-order valence-corrected chi connectivity index (χ0v) is 13.2. The van der Waals surface area contributed by atoms with Crippen molar-refractivity contribution < 1.29 is 19.3 Å². The van der Waals surface area contributed by atoms with Crippen LogP contribution >= 0.6 is 0 Å². The first kappa shape index (κ1) is 20.1. The summed E-state index contributed by atoms with van der Waals surface area (Å²) in [5, 5.41) is 13.3. The highest BCUT2D eigenvalue weighted by molar-refractivity contribution is 4.69. The molecule has 0 spiro atoms. The third kappa shape index (κ3) is 12.6. The average Bonchev–Trinajstić information content (AvgIpc) is 2.49. The number of unbranched alkanes of at least 4 members (excludes halogenated alkanes) is 2. The van der Waals surface area contributed by atoms with Crippen molar-refractivity contribution in [1.29, 1.82) is 0 Å². The molecule has 21 heavy (non-hydrogen) atoms. The highest BCUT2D eigenvalue weighted by Gasteiger charge is 2.18. The molecule has 2 atom stereocenters. The Morgan fingerprint density at radius 3 is 2.24 bits per heavy atom. The minimum Gasteiger partial charge on any atom is -0.381 e. The molecule has 0 aromatic carbocycles. The summed E-state index contributed by atoms with van der Waals surface area (Å²) in [5.41, 5.74) is 8.50. The van der Waals surface area contributed by atoms with Crippen LogP contribution in [0.25, 0.3) is 10.4 Å². The van der Waals surface area contributed by atoms with E-state index in [0.717, 1.165) is 32.3 Å². The first-order valence-electron chi connectivity index (χ1n) is 7.75. The number of azide groups is 1. The molecule has 0 aromatic heterocycles. The molecule has 0 rings (SSSR count). The summed E-state index contributed by atoms with van der Waals surface area (Å²) in [6.07, 6.45) is 3.69. The Morgan fingerprint density at radius 2 is 1.62 bits per heavy atom. The molecule has 7 heteroatoms. The number of aliphatic hydroxyl groups is 1. The summed E-state index contributed by atoms with van der Waals surface area (Å²) >= 11 is 0. The number of aliphatic hydroxyl groups excluding tert-OH is 1. The van der Waals surface area contributed by atoms with Gasteiger partial charge < -0.3 is 19.3 Å². The molecule has 0 fully saturated rings. The van der Waals surface area contributed by atoms with E-state index < -0.39 is 12.3 Å². The molecule has 0 heterocycles. The van der Waals surface area contributed by atoms with Crippen molar-refractivity contribution in [3.8, 4) is 0 Å². The third-order valence-electron chi connectivity index (χ3n) is 2.82. The van der Waals surface area contributed by atoms with Crippen molar-refractivity contribution in [3.63, 3.8) is 0 Å². The first-order valence-corrected chi connectivity index (χ1v) is 7.75. The molecular weight excluding hydrogens is 274 g/mol. The maximum atomic E-state index is 9.83. The first-order chi connectivity index (χ1) is 10.3. The Balaban J connectivity index is 3.74. The average molecular weight is 303 g/mol. The summed E-state index contributed by atoms with van der Waals surface area (Å²) in [5.74, 6) is 0. The molecule has 7 nitrogen and oxygen atoms in total. The fourth-order valence-corrected chi connectivity index (χ4v) is 1.51. The van der Waals surface area contributed by atoms with Crippen molar-refractivity contribution in [2.45, 2.75) is 58.3 Å². The molecule has 124 valence electrons. The highest BCUT2D eigenvalue weighted by Crippen LogP contribution is 2.05. The molecule has 1 N–H and O–H groups in total. The smallest absolute Gasteiger partial charge is 0.165 e. The third-order valence-corrected chi connectivity index (χ3v) is 2.82. The van der Waals surface area contributed by atoms with Crippen molar-refractivity contribution in [1.82, 2.24) is 0 Å². The van der Waals surface area contributed by atoms with E-state index in [9.17, 15) is 5.11 Å². The van der Waals surface area contributed by atoms with Gasteiger partial charge in [0.1, 0.15) is 6.04 Å². The molecule has 0 saturated carbocycles. The fraction of sp³-hybridized carbons (Fsp3) is 1.00. The zero-order chi connectivity index (χ0) is 15.8. The SMILES string of the molecule is CCCCOCCCOC(O)[C@H](COCCCC)N=[N+]=[N-]. The summed E-state index contributed by atoms with van der Waals surface area (Å²) in [6, 6.07) is -0.715. The molecule has 0 aromatic rings. The van der Waals surface area contributed by atoms with Crippen LogP contribution < -0.4 is 0 Å². The molecule has 0 radical (unpaired) electrons. The van der Waals surface area contributed by atoms with Gasteiger partial charge >= 0.3 is 0 Å². The Hall–Kier alpha value is -0.850. The summed E-state index contributed by atoms with van der Waals surface area (Å²) in [4.78, 5) is 2.71. The monoisotopic (exact) mass is 303 g/mol. The predicted octanol–water partition coefficient (Wildman–Crippen LogP) is 3.02. The minimum atomic E-state index is -1.14. The maximum Gasteiger partial charge on any atom is 0.165 e. The standard InChI is InChI=1S/C14H29N3O4/c1-3-5-8-19-10-7-11-21-14(18)13(16-17-15)12-20-9-6-4-2/h13-14,18H,3-12H2,1-2H3/t13-,14?/m0/s1. The molecule has 1 unspecified atom stereocenters. The van der Waals surface area contributed by atoms with Crippen molar-refractivity contribution in [3.05, 3.63) is 10.4 Å². The van der Waals surface area contributed by atoms with Crippen LogP contribution in [0.4, 0.5) is 0 Å². The van der Waals surface area contributed by atoms with Crippen molar-refractivity contribution in [2.75, 3.05) is 33.0 Å². The van der Waals surface area contributed by atoms with Crippen LogP contribution in [0, 0.1) is 0 Å². The van der Waals surface area contributed by atoms with E-state index in [-0.39, 0.29) is 6.61 Å². The topological polar surface area (TPSA) is 96.7 Å². The fourth-order valence-electron chi connectivity index (χ4n) is 1.51. The van der Waals surface area contributed by atoms with Crippen LogP contribution in [-0.2, 0) is 14.2 Å². The lowest BCUT2D eigenvalue weighted by Crippen LogP contribution is -2.31. The van der Waals surface area contributed by atoms with Crippen molar-refractivity contribution in [2.24, 2.45) is 5.11 Å². The second-order valence-corrected chi connectivity index (χ2v) is 4.78. The van der Waals surface area contributed by atoms with Crippen LogP contribution in [0.15, 0.2) is 5.11 Å². The number of nitrogens with zero attached hydrogens (tertiary/aromatic N) is 3. The van der Waals surface area contributed by atoms with E-state index in [2.05, 4.69) is 23.9 Å². The molecule has 0 aliphatic heterocycles. The number of ether oxygens (including phenoxy) is 3. The quantitative estimate of drug-likeness (QED) is 0.165. The van der Waals surface area contributed by atoms with Crippen LogP contribution in [0.3, 0.4) is 0 Å². The van der Waals surface area contributed by atoms with Crippen LogP contribution in [-0.4, -0.2) is 50.5 Å². The Labute approximate surface area is 127 Å². The molecule has 0 aliphatic rings. The lowest BCUT2D eigenvalue weighted by Gasteiger charge is -2.19. The number of rotatable bonds is 15. The van der Waals surface area contributed by atoms with Gasteiger partial charge in [-0.1, -0.05) is 31.8 Å². The van der Waals surface area contributed by atoms with Gasteiger partial charge in [-0.25, -0.2) is 0 Å². The van der Waals surface area contributed by atoms with E-state index in [4.69, 9.17) is 19.7 Å². The zero-order valence-electron chi connectivity index (χ0n) is 13.2. The Morgan fingerprint density at radius 1 is 1.00 bits per heavy atom. The minimum absolute atomic E-state index is 0.165. The van der Waals surface area contributed by atoms with E-state index in [1.807, 2.05) is 0 Å². The van der Waals surface area contributed by atoms with Gasteiger partial charge in [-0.05, 0) is 24.8 Å². The molecule has 0 aliphatic carbocycles. The van der Waals surface area contributed by atoms with Gasteiger partial charge in [0.05, 0.1) is 13.2 Å². The highest BCUT2D eigenvalue weighted by atomic mass is 16.6. The van der Waals surface area contributed by atoms with E-state index in [0.29, 0.717) is 26.2 Å². The lowest BCUT2D eigenvalue weighted by molar-refractivity contribution is -0.126. The van der Waals surface area contributed by atoms with Gasteiger partial charge in [0.2, 0.25) is 0 Å². The van der Waals surface area contributed by atoms with Gasteiger partial charge in [0.15, 0.2) is 6.29 Å². The summed E-state index contributed by atoms with van der Waals surface area (Å²) in [7, 11) is 0. The Kier molecular flexibility index (Phi) is 14.9. The maximum absolute atomic E-state index is 9.83. The van der Waals surface area contributed by atoms with Crippen LogP contribution in [0.1, 0.15) is 46.0 Å². The van der Waals surface area contributed by atoms with E-state index in [1.165, 1.54) is 0 Å². The number of hydrogen-bond donors (Lipinski definition) is 1. The molecule has 0 saturated heterocycles. The molecular formula is C14H29N3O4. The second kappa shape index (κ2) is 15.5. The van der Waals surface area contributed by atoms with E-state index in [1.54, 1.807) is 0 Å². The van der Waals surface area contributed by atoms with Gasteiger partial charge in [-0.2, -0.15) is 0 Å². The van der Waals surface area contributed by atoms with Crippen LogP contribution in [0.2, 0.25) is 0 Å². The van der Waals surface area contributed by atoms with Gasteiger partial charge in [-0.3, -0.25) is 0 Å². The van der Waals surface area contributed by atoms with Crippen LogP contribution in [0.5, 0.6) is 0 Å². The lowest BCUT2D eigenvalue weighted by atomic mass is 10.3. The largest absolute Gasteiger partial charge is 0.381 e. The summed E-state index contributed by atoms with van der Waals surface area (Å²) in [6.45, 7) is 6.65. The summed E-state index contributed by atoms with van der Waals surface area (Å²) < 4.78 is 16.0. The van der Waals surface area contributed by atoms with Gasteiger partial charge in [0, 0.05) is 24.7 Å². The van der Waals surface area contributed by atoms with Gasteiger partial charge in [-0.15, -0.1) is 0 Å². The number of hydrogen-bond acceptors (Lipinski definition) is 5. The predicted molar refractivity (Wildman–Crippen MR) is 81.0 cm³/mol. The molecule has 0 amide bonds. The normalized spacial score (nSPS) is 13.7. The Bertz CT molecular complexity index is 273. The second-order valence-electron chi connectivity index (χ2n) is 4.78. The van der Waals surface area contributed by atoms with Crippen molar-refractivity contribution >= 4 is 0 Å². The molecule has 0 bridgehead atoms. The van der Waals surface area contributed by atoms with E-state index >= 15 is 0 Å².